The first-order valence-electron chi connectivity index (χ1n) is 7.86. The van der Waals surface area contributed by atoms with E-state index in [0.29, 0.717) is 30.3 Å². The van der Waals surface area contributed by atoms with Crippen molar-refractivity contribution in [2.24, 2.45) is 0 Å². The second-order valence-electron chi connectivity index (χ2n) is 5.69. The van der Waals surface area contributed by atoms with Gasteiger partial charge in [-0.2, -0.15) is 0 Å². The molecule has 0 saturated carbocycles. The number of hydrogen-bond donors (Lipinski definition) is 1. The lowest BCUT2D eigenvalue weighted by atomic mass is 10.1. The number of aromatic hydroxyl groups is 1. The van der Waals surface area contributed by atoms with Crippen molar-refractivity contribution in [1.29, 1.82) is 0 Å². The minimum atomic E-state index is -0.644. The summed E-state index contributed by atoms with van der Waals surface area (Å²) in [4.78, 5) is 24.2. The molecular weight excluding hydrogens is 340 g/mol. The zero-order chi connectivity index (χ0) is 18.3. The summed E-state index contributed by atoms with van der Waals surface area (Å²) in [5.74, 6) is 0.470. The van der Waals surface area contributed by atoms with Crippen LogP contribution in [0.3, 0.4) is 0 Å². The van der Waals surface area contributed by atoms with Gasteiger partial charge in [0.05, 0.1) is 12.7 Å². The molecule has 7 heteroatoms. The molecule has 132 valence electrons. The lowest BCUT2D eigenvalue weighted by Gasteiger charge is -2.18. The minimum Gasteiger partial charge on any atom is -0.507 e. The van der Waals surface area contributed by atoms with Crippen LogP contribution in [0.2, 0.25) is 0 Å². The molecule has 7 nitrogen and oxygen atoms in total. The Morgan fingerprint density at radius 1 is 1.08 bits per heavy atom. The van der Waals surface area contributed by atoms with Gasteiger partial charge in [-0.3, -0.25) is 4.79 Å². The van der Waals surface area contributed by atoms with Crippen molar-refractivity contribution >= 4 is 16.9 Å². The van der Waals surface area contributed by atoms with Crippen LogP contribution in [-0.4, -0.2) is 31.4 Å². The maximum atomic E-state index is 12.4. The number of fused-ring (bicyclic) bond motifs is 2. The fourth-order valence-corrected chi connectivity index (χ4v) is 2.84. The standard InChI is InChI=1S/C19H14O7/c1-23-19(22)11-6-12(20)18-13(21)9-15(26-17(18)8-11)10-2-3-14-16(7-10)25-5-4-24-14/h2-3,6-9,20H,4-5H2,1H3. The summed E-state index contributed by atoms with van der Waals surface area (Å²) in [7, 11) is 1.23. The first-order valence-corrected chi connectivity index (χ1v) is 7.86. The molecule has 2 heterocycles. The molecule has 1 aliphatic heterocycles. The first kappa shape index (κ1) is 16.0. The van der Waals surface area contributed by atoms with Gasteiger partial charge in [0, 0.05) is 11.6 Å². The number of phenols is 1. The average molecular weight is 354 g/mol. The minimum absolute atomic E-state index is 0.000976. The number of carbonyl (C=O) groups is 1. The fourth-order valence-electron chi connectivity index (χ4n) is 2.84. The zero-order valence-electron chi connectivity index (χ0n) is 13.8. The molecule has 1 aromatic heterocycles. The summed E-state index contributed by atoms with van der Waals surface area (Å²) >= 11 is 0. The van der Waals surface area contributed by atoms with Gasteiger partial charge in [-0.25, -0.2) is 4.79 Å². The van der Waals surface area contributed by atoms with E-state index in [1.807, 2.05) is 0 Å². The van der Waals surface area contributed by atoms with E-state index < -0.39 is 11.4 Å². The van der Waals surface area contributed by atoms with E-state index in [2.05, 4.69) is 4.74 Å². The van der Waals surface area contributed by atoms with Crippen molar-refractivity contribution in [1.82, 2.24) is 0 Å². The van der Waals surface area contributed by atoms with Gasteiger partial charge in [-0.15, -0.1) is 0 Å². The van der Waals surface area contributed by atoms with E-state index in [-0.39, 0.29) is 28.0 Å². The molecule has 0 radical (unpaired) electrons. The van der Waals surface area contributed by atoms with Crippen molar-refractivity contribution in [2.75, 3.05) is 20.3 Å². The Hall–Kier alpha value is -3.48. The smallest absolute Gasteiger partial charge is 0.338 e. The van der Waals surface area contributed by atoms with Crippen LogP contribution < -0.4 is 14.9 Å². The Balaban J connectivity index is 1.89. The molecule has 4 rings (SSSR count). The molecule has 1 N–H and O–H groups in total. The molecule has 0 spiro atoms. The SMILES string of the molecule is COC(=O)c1cc(O)c2c(=O)cc(-c3ccc4c(c3)OCCO4)oc2c1. The molecule has 0 saturated heterocycles. The second-order valence-corrected chi connectivity index (χ2v) is 5.69. The third-order valence-corrected chi connectivity index (χ3v) is 4.06. The molecule has 0 fully saturated rings. The molecule has 0 unspecified atom stereocenters. The molecule has 0 atom stereocenters. The average Bonchev–Trinajstić information content (AvgIpc) is 2.66. The quantitative estimate of drug-likeness (QED) is 0.707. The van der Waals surface area contributed by atoms with Gasteiger partial charge >= 0.3 is 5.97 Å². The lowest BCUT2D eigenvalue weighted by molar-refractivity contribution is 0.0600. The predicted molar refractivity (Wildman–Crippen MR) is 91.9 cm³/mol. The number of esters is 1. The Morgan fingerprint density at radius 3 is 2.62 bits per heavy atom. The third kappa shape index (κ3) is 2.63. The van der Waals surface area contributed by atoms with Gasteiger partial charge in [0.25, 0.3) is 0 Å². The molecule has 3 aromatic rings. The van der Waals surface area contributed by atoms with Gasteiger partial charge in [-0.05, 0) is 30.3 Å². The number of ether oxygens (including phenoxy) is 3. The van der Waals surface area contributed by atoms with Gasteiger partial charge in [0.1, 0.15) is 35.7 Å². The van der Waals surface area contributed by atoms with Gasteiger partial charge < -0.3 is 23.7 Å². The van der Waals surface area contributed by atoms with Crippen LogP contribution >= 0.6 is 0 Å². The highest BCUT2D eigenvalue weighted by Gasteiger charge is 2.17. The number of methoxy groups -OCH3 is 1. The van der Waals surface area contributed by atoms with E-state index in [4.69, 9.17) is 13.9 Å². The third-order valence-electron chi connectivity index (χ3n) is 4.06. The molecule has 26 heavy (non-hydrogen) atoms. The first-order chi connectivity index (χ1) is 12.6. The molecule has 2 aromatic carbocycles. The Morgan fingerprint density at radius 2 is 1.85 bits per heavy atom. The van der Waals surface area contributed by atoms with Crippen molar-refractivity contribution in [3.8, 4) is 28.6 Å². The number of carbonyl (C=O) groups excluding carboxylic acids is 1. The highest BCUT2D eigenvalue weighted by atomic mass is 16.6. The molecular formula is C19H14O7. The van der Waals surface area contributed by atoms with Crippen LogP contribution in [0.25, 0.3) is 22.3 Å². The van der Waals surface area contributed by atoms with Crippen LogP contribution in [0.5, 0.6) is 17.2 Å². The van der Waals surface area contributed by atoms with E-state index in [9.17, 15) is 14.7 Å². The maximum absolute atomic E-state index is 12.4. The van der Waals surface area contributed by atoms with Gasteiger partial charge in [0.15, 0.2) is 16.9 Å². The van der Waals surface area contributed by atoms with Crippen molar-refractivity contribution < 1.29 is 28.5 Å². The molecule has 0 amide bonds. The Kier molecular flexibility index (Phi) is 3.76. The number of benzene rings is 2. The van der Waals surface area contributed by atoms with Crippen molar-refractivity contribution in [3.63, 3.8) is 0 Å². The van der Waals surface area contributed by atoms with Crippen LogP contribution in [0.1, 0.15) is 10.4 Å². The zero-order valence-corrected chi connectivity index (χ0v) is 13.8. The van der Waals surface area contributed by atoms with Crippen molar-refractivity contribution in [2.45, 2.75) is 0 Å². The topological polar surface area (TPSA) is 95.2 Å². The summed E-state index contributed by atoms with van der Waals surface area (Å²) in [6, 6.07) is 9.00. The van der Waals surface area contributed by atoms with E-state index in [0.717, 1.165) is 0 Å². The Bertz CT molecular complexity index is 1080. The number of hydrogen-bond acceptors (Lipinski definition) is 7. The van der Waals surface area contributed by atoms with Crippen molar-refractivity contribution in [3.05, 3.63) is 52.2 Å². The lowest BCUT2D eigenvalue weighted by Crippen LogP contribution is -2.15. The Labute approximate surface area is 147 Å². The summed E-state index contributed by atoms with van der Waals surface area (Å²) in [5.41, 5.74) is 0.351. The van der Waals surface area contributed by atoms with Gasteiger partial charge in [-0.1, -0.05) is 0 Å². The fraction of sp³-hybridized carbons (Fsp3) is 0.158. The van der Waals surface area contributed by atoms with E-state index in [1.165, 1.54) is 25.3 Å². The van der Waals surface area contributed by atoms with Crippen LogP contribution in [0.15, 0.2) is 45.6 Å². The maximum Gasteiger partial charge on any atom is 0.338 e. The summed E-state index contributed by atoms with van der Waals surface area (Å²) in [5, 5.41) is 10.1. The summed E-state index contributed by atoms with van der Waals surface area (Å²) in [6.07, 6.45) is 0. The molecule has 0 bridgehead atoms. The van der Waals surface area contributed by atoms with Crippen LogP contribution in [0.4, 0.5) is 0 Å². The van der Waals surface area contributed by atoms with Crippen LogP contribution in [0, 0.1) is 0 Å². The molecule has 0 aliphatic carbocycles. The highest BCUT2D eigenvalue weighted by Crippen LogP contribution is 2.35. The number of rotatable bonds is 2. The predicted octanol–water partition coefficient (Wildman–Crippen LogP) is 2.72. The van der Waals surface area contributed by atoms with E-state index in [1.54, 1.807) is 18.2 Å². The van der Waals surface area contributed by atoms with Gasteiger partial charge in [0.2, 0.25) is 0 Å². The second kappa shape index (κ2) is 6.11. The van der Waals surface area contributed by atoms with Crippen LogP contribution in [-0.2, 0) is 4.74 Å². The summed E-state index contributed by atoms with van der Waals surface area (Å²) in [6.45, 7) is 0.918. The largest absolute Gasteiger partial charge is 0.507 e. The summed E-state index contributed by atoms with van der Waals surface area (Å²) < 4.78 is 21.4. The normalized spacial score (nSPS) is 12.8. The number of phenolic OH excluding ortho intramolecular Hbond substituents is 1. The van der Waals surface area contributed by atoms with E-state index >= 15 is 0 Å². The monoisotopic (exact) mass is 354 g/mol. The highest BCUT2D eigenvalue weighted by molar-refractivity contribution is 5.96. The molecule has 1 aliphatic rings.